The van der Waals surface area contributed by atoms with Crippen LogP contribution in [0.1, 0.15) is 18.1 Å². The van der Waals surface area contributed by atoms with Crippen molar-refractivity contribution in [2.45, 2.75) is 18.9 Å². The molecule has 31 heavy (non-hydrogen) atoms. The SMILES string of the molecule is COc1ccc(CCNC(=O)CN2C(=O)NC(C)(c3ccc(Cl)cc3)C2=O)cc1OC. The second kappa shape index (κ2) is 9.26. The molecule has 0 radical (unpaired) electrons. The van der Waals surface area contributed by atoms with E-state index in [1.165, 1.54) is 0 Å². The highest BCUT2D eigenvalue weighted by atomic mass is 35.5. The monoisotopic (exact) mass is 445 g/mol. The minimum atomic E-state index is -1.25. The van der Waals surface area contributed by atoms with Gasteiger partial charge in [-0.15, -0.1) is 0 Å². The molecule has 9 heteroatoms. The van der Waals surface area contributed by atoms with E-state index >= 15 is 0 Å². The molecule has 2 aromatic rings. The molecule has 1 aliphatic heterocycles. The Hall–Kier alpha value is -3.26. The normalized spacial score (nSPS) is 18.0. The van der Waals surface area contributed by atoms with Gasteiger partial charge in [0.2, 0.25) is 5.91 Å². The lowest BCUT2D eigenvalue weighted by molar-refractivity contribution is -0.134. The number of imide groups is 1. The highest BCUT2D eigenvalue weighted by Gasteiger charge is 2.49. The van der Waals surface area contributed by atoms with Crippen molar-refractivity contribution >= 4 is 29.4 Å². The Bertz CT molecular complexity index is 995. The number of amides is 4. The molecule has 164 valence electrons. The van der Waals surface area contributed by atoms with Crippen LogP contribution in [0.2, 0.25) is 5.02 Å². The second-order valence-corrected chi connectivity index (χ2v) is 7.68. The Morgan fingerprint density at radius 1 is 1.10 bits per heavy atom. The van der Waals surface area contributed by atoms with Gasteiger partial charge in [0.1, 0.15) is 12.1 Å². The zero-order valence-corrected chi connectivity index (χ0v) is 18.3. The van der Waals surface area contributed by atoms with Gasteiger partial charge in [-0.25, -0.2) is 4.79 Å². The van der Waals surface area contributed by atoms with Crippen LogP contribution in [0.4, 0.5) is 4.79 Å². The molecule has 1 aliphatic rings. The van der Waals surface area contributed by atoms with Gasteiger partial charge in [0.05, 0.1) is 14.2 Å². The van der Waals surface area contributed by atoms with Crippen LogP contribution in [0.5, 0.6) is 11.5 Å². The van der Waals surface area contributed by atoms with Crippen molar-refractivity contribution < 1.29 is 23.9 Å². The molecule has 0 aliphatic carbocycles. The molecule has 1 saturated heterocycles. The molecule has 4 amide bonds. The fourth-order valence-electron chi connectivity index (χ4n) is 3.40. The van der Waals surface area contributed by atoms with Crippen LogP contribution in [0.3, 0.4) is 0 Å². The van der Waals surface area contributed by atoms with E-state index in [2.05, 4.69) is 10.6 Å². The Labute approximate surface area is 185 Å². The van der Waals surface area contributed by atoms with Crippen molar-refractivity contribution in [2.24, 2.45) is 0 Å². The number of nitrogens with one attached hydrogen (secondary N) is 2. The predicted octanol–water partition coefficient (Wildman–Crippen LogP) is 2.48. The number of hydrogen-bond donors (Lipinski definition) is 2. The number of hydrogen-bond acceptors (Lipinski definition) is 5. The molecule has 0 aromatic heterocycles. The number of carbonyl (C=O) groups is 3. The van der Waals surface area contributed by atoms with E-state index < -0.39 is 23.4 Å². The molecule has 1 atom stereocenters. The molecule has 2 N–H and O–H groups in total. The first kappa shape index (κ1) is 22.4. The van der Waals surface area contributed by atoms with Gasteiger partial charge in [-0.2, -0.15) is 0 Å². The Morgan fingerprint density at radius 2 is 1.77 bits per heavy atom. The van der Waals surface area contributed by atoms with Gasteiger partial charge in [-0.3, -0.25) is 14.5 Å². The molecule has 0 spiro atoms. The van der Waals surface area contributed by atoms with Crippen LogP contribution in [-0.4, -0.2) is 50.1 Å². The molecule has 1 fully saturated rings. The van der Waals surface area contributed by atoms with Crippen LogP contribution < -0.4 is 20.1 Å². The third kappa shape index (κ3) is 4.74. The quantitative estimate of drug-likeness (QED) is 0.608. The number of ether oxygens (including phenoxy) is 2. The van der Waals surface area contributed by atoms with Crippen LogP contribution in [0, 0.1) is 0 Å². The minimum Gasteiger partial charge on any atom is -0.493 e. The summed E-state index contributed by atoms with van der Waals surface area (Å²) in [4.78, 5) is 38.5. The topological polar surface area (TPSA) is 97.0 Å². The zero-order chi connectivity index (χ0) is 22.6. The standard InChI is InChI=1S/C22H24ClN3O5/c1-22(15-5-7-16(23)8-6-15)20(28)26(21(29)25-22)13-19(27)24-11-10-14-4-9-17(30-2)18(12-14)31-3/h4-9,12H,10-11,13H2,1-3H3,(H,24,27)(H,25,29). The summed E-state index contributed by atoms with van der Waals surface area (Å²) in [5.41, 5.74) is 0.289. The summed E-state index contributed by atoms with van der Waals surface area (Å²) >= 11 is 5.90. The van der Waals surface area contributed by atoms with E-state index in [1.807, 2.05) is 12.1 Å². The van der Waals surface area contributed by atoms with Crippen molar-refractivity contribution in [3.8, 4) is 11.5 Å². The number of urea groups is 1. The van der Waals surface area contributed by atoms with E-state index in [0.717, 1.165) is 10.5 Å². The number of nitrogens with zero attached hydrogens (tertiary/aromatic N) is 1. The zero-order valence-electron chi connectivity index (χ0n) is 17.5. The third-order valence-electron chi connectivity index (χ3n) is 5.18. The molecular weight excluding hydrogens is 422 g/mol. The maximum Gasteiger partial charge on any atom is 0.325 e. The fourth-order valence-corrected chi connectivity index (χ4v) is 3.53. The molecule has 1 heterocycles. The van der Waals surface area contributed by atoms with E-state index in [4.69, 9.17) is 21.1 Å². The largest absolute Gasteiger partial charge is 0.493 e. The Kier molecular flexibility index (Phi) is 6.70. The second-order valence-electron chi connectivity index (χ2n) is 7.24. The van der Waals surface area contributed by atoms with Gasteiger partial charge >= 0.3 is 6.03 Å². The third-order valence-corrected chi connectivity index (χ3v) is 5.43. The maximum absolute atomic E-state index is 12.9. The van der Waals surface area contributed by atoms with Crippen LogP contribution in [-0.2, 0) is 21.5 Å². The smallest absolute Gasteiger partial charge is 0.325 e. The van der Waals surface area contributed by atoms with Gasteiger partial charge in [-0.1, -0.05) is 29.8 Å². The lowest BCUT2D eigenvalue weighted by Crippen LogP contribution is -2.43. The van der Waals surface area contributed by atoms with E-state index in [9.17, 15) is 14.4 Å². The van der Waals surface area contributed by atoms with Crippen LogP contribution in [0.25, 0.3) is 0 Å². The lowest BCUT2D eigenvalue weighted by atomic mass is 9.92. The lowest BCUT2D eigenvalue weighted by Gasteiger charge is -2.22. The minimum absolute atomic E-state index is 0.340. The predicted molar refractivity (Wildman–Crippen MR) is 115 cm³/mol. The molecule has 0 saturated carbocycles. The number of carbonyl (C=O) groups excluding carboxylic acids is 3. The van der Waals surface area contributed by atoms with E-state index in [0.29, 0.717) is 35.1 Å². The number of rotatable bonds is 8. The molecular formula is C22H24ClN3O5. The Balaban J connectivity index is 1.57. The summed E-state index contributed by atoms with van der Waals surface area (Å²) in [6.07, 6.45) is 0.550. The number of halogens is 1. The maximum atomic E-state index is 12.9. The first-order chi connectivity index (χ1) is 14.8. The van der Waals surface area contributed by atoms with E-state index in [1.54, 1.807) is 51.5 Å². The van der Waals surface area contributed by atoms with Gasteiger partial charge in [0, 0.05) is 11.6 Å². The van der Waals surface area contributed by atoms with Crippen molar-refractivity contribution in [1.82, 2.24) is 15.5 Å². The van der Waals surface area contributed by atoms with Crippen molar-refractivity contribution in [2.75, 3.05) is 27.3 Å². The summed E-state index contributed by atoms with van der Waals surface area (Å²) < 4.78 is 10.5. The van der Waals surface area contributed by atoms with Crippen molar-refractivity contribution in [1.29, 1.82) is 0 Å². The summed E-state index contributed by atoms with van der Waals surface area (Å²) in [5.74, 6) is 0.309. The van der Waals surface area contributed by atoms with Crippen molar-refractivity contribution in [3.05, 3.63) is 58.6 Å². The fraction of sp³-hybridized carbons (Fsp3) is 0.318. The molecule has 1 unspecified atom stereocenters. The van der Waals surface area contributed by atoms with Gasteiger partial charge < -0.3 is 20.1 Å². The van der Waals surface area contributed by atoms with Gasteiger partial charge in [-0.05, 0) is 48.7 Å². The average Bonchev–Trinajstić information content (AvgIpc) is 2.97. The highest BCUT2D eigenvalue weighted by molar-refractivity contribution is 6.30. The van der Waals surface area contributed by atoms with Gasteiger partial charge in [0.25, 0.3) is 5.91 Å². The first-order valence-electron chi connectivity index (χ1n) is 9.66. The highest BCUT2D eigenvalue weighted by Crippen LogP contribution is 2.30. The molecule has 0 bridgehead atoms. The van der Waals surface area contributed by atoms with Crippen molar-refractivity contribution in [3.63, 3.8) is 0 Å². The number of methoxy groups -OCH3 is 2. The molecule has 2 aromatic carbocycles. The van der Waals surface area contributed by atoms with Gasteiger partial charge in [0.15, 0.2) is 11.5 Å². The number of benzene rings is 2. The summed E-state index contributed by atoms with van der Waals surface area (Å²) in [5, 5.41) is 5.93. The summed E-state index contributed by atoms with van der Waals surface area (Å²) in [6.45, 7) is 1.58. The average molecular weight is 446 g/mol. The molecule has 8 nitrogen and oxygen atoms in total. The molecule has 3 rings (SSSR count). The Morgan fingerprint density at radius 3 is 2.42 bits per heavy atom. The van der Waals surface area contributed by atoms with Crippen LogP contribution in [0.15, 0.2) is 42.5 Å². The van der Waals surface area contributed by atoms with Crippen LogP contribution >= 0.6 is 11.6 Å². The first-order valence-corrected chi connectivity index (χ1v) is 10.0. The summed E-state index contributed by atoms with van der Waals surface area (Å²) in [7, 11) is 3.12. The summed E-state index contributed by atoms with van der Waals surface area (Å²) in [6, 6.07) is 11.5. The van der Waals surface area contributed by atoms with E-state index in [-0.39, 0.29) is 6.54 Å².